The fourth-order valence-corrected chi connectivity index (χ4v) is 2.72. The zero-order valence-electron chi connectivity index (χ0n) is 6.16. The molecule has 0 amide bonds. The maximum atomic E-state index is 11.1. The highest BCUT2D eigenvalue weighted by atomic mass is 31.2. The summed E-state index contributed by atoms with van der Waals surface area (Å²) in [5, 5.41) is 0. The molecule has 0 radical (unpaired) electrons. The van der Waals surface area contributed by atoms with Crippen LogP contribution in [0.1, 0.15) is 19.3 Å². The molecular formula is C6H14NO2P. The Morgan fingerprint density at radius 1 is 1.60 bits per heavy atom. The second kappa shape index (κ2) is 2.65. The molecule has 4 heteroatoms. The molecule has 0 spiro atoms. The number of rotatable bonds is 1. The van der Waals surface area contributed by atoms with E-state index in [4.69, 9.17) is 10.6 Å². The van der Waals surface area contributed by atoms with Crippen molar-refractivity contribution in [1.29, 1.82) is 0 Å². The van der Waals surface area contributed by atoms with E-state index in [9.17, 15) is 4.57 Å². The molecule has 10 heavy (non-hydrogen) atoms. The molecule has 0 saturated heterocycles. The molecule has 0 aromatic carbocycles. The Balaban J connectivity index is 2.53. The Hall–Kier alpha value is 0.150. The predicted molar refractivity (Wildman–Crippen MR) is 41.4 cm³/mol. The van der Waals surface area contributed by atoms with E-state index < -0.39 is 7.37 Å². The van der Waals surface area contributed by atoms with Crippen LogP contribution in [0.3, 0.4) is 0 Å². The lowest BCUT2D eigenvalue weighted by Crippen LogP contribution is -2.16. The van der Waals surface area contributed by atoms with Gasteiger partial charge >= 0.3 is 0 Å². The zero-order valence-corrected chi connectivity index (χ0v) is 7.05. The molecule has 0 aliphatic heterocycles. The largest absolute Gasteiger partial charge is 0.344 e. The van der Waals surface area contributed by atoms with Gasteiger partial charge in [0.05, 0.1) is 0 Å². The summed E-state index contributed by atoms with van der Waals surface area (Å²) in [6, 6.07) is 0.158. The van der Waals surface area contributed by atoms with E-state index in [1.807, 2.05) is 0 Å². The van der Waals surface area contributed by atoms with Gasteiger partial charge in [0.15, 0.2) is 0 Å². The third kappa shape index (κ3) is 1.82. The Morgan fingerprint density at radius 3 is 2.40 bits per heavy atom. The highest BCUT2D eigenvalue weighted by Crippen LogP contribution is 2.49. The summed E-state index contributed by atoms with van der Waals surface area (Å²) in [5.41, 5.74) is 5.56. The summed E-state index contributed by atoms with van der Waals surface area (Å²) >= 11 is 0. The van der Waals surface area contributed by atoms with Crippen molar-refractivity contribution in [1.82, 2.24) is 0 Å². The summed E-state index contributed by atoms with van der Waals surface area (Å²) in [7, 11) is -2.83. The SMILES string of the molecule is CP(=O)(O)[C@@H]1CC[C@@H](N)C1. The van der Waals surface area contributed by atoms with Crippen LogP contribution in [0.25, 0.3) is 0 Å². The van der Waals surface area contributed by atoms with Gasteiger partial charge in [-0.2, -0.15) is 0 Å². The normalized spacial score (nSPS) is 39.5. The zero-order chi connectivity index (χ0) is 7.78. The second-order valence-corrected chi connectivity index (χ2v) is 5.79. The summed E-state index contributed by atoms with van der Waals surface area (Å²) in [6.45, 7) is 1.43. The van der Waals surface area contributed by atoms with Gasteiger partial charge in [0.1, 0.15) is 0 Å². The average molecular weight is 163 g/mol. The lowest BCUT2D eigenvalue weighted by molar-refractivity contribution is 0.468. The molecule has 0 aromatic rings. The minimum absolute atomic E-state index is 0.0255. The van der Waals surface area contributed by atoms with Gasteiger partial charge in [-0.05, 0) is 19.3 Å². The Labute approximate surface area is 61.1 Å². The van der Waals surface area contributed by atoms with Gasteiger partial charge in [0.2, 0.25) is 7.37 Å². The molecule has 0 heterocycles. The first-order valence-electron chi connectivity index (χ1n) is 3.55. The van der Waals surface area contributed by atoms with Crippen LogP contribution in [-0.2, 0) is 4.57 Å². The van der Waals surface area contributed by atoms with Gasteiger partial charge < -0.3 is 10.6 Å². The highest BCUT2D eigenvalue weighted by Gasteiger charge is 2.32. The van der Waals surface area contributed by atoms with E-state index in [0.717, 1.165) is 19.3 Å². The standard InChI is InChI=1S/C6H14NO2P/c1-10(8,9)6-3-2-5(7)4-6/h5-6H,2-4,7H2,1H3,(H,8,9)/t5-,6-/m1/s1. The van der Waals surface area contributed by atoms with Crippen LogP contribution in [0.5, 0.6) is 0 Å². The summed E-state index contributed by atoms with van der Waals surface area (Å²) in [6.07, 6.45) is 2.46. The monoisotopic (exact) mass is 163 g/mol. The maximum absolute atomic E-state index is 11.1. The maximum Gasteiger partial charge on any atom is 0.200 e. The first-order chi connectivity index (χ1) is 4.50. The van der Waals surface area contributed by atoms with Crippen LogP contribution >= 0.6 is 7.37 Å². The Morgan fingerprint density at radius 2 is 2.20 bits per heavy atom. The van der Waals surface area contributed by atoms with Crippen molar-refractivity contribution in [3.05, 3.63) is 0 Å². The molecular weight excluding hydrogens is 149 g/mol. The van der Waals surface area contributed by atoms with E-state index in [1.54, 1.807) is 0 Å². The van der Waals surface area contributed by atoms with Crippen LogP contribution < -0.4 is 5.73 Å². The smallest absolute Gasteiger partial charge is 0.200 e. The van der Waals surface area contributed by atoms with Gasteiger partial charge in [-0.3, -0.25) is 4.57 Å². The summed E-state index contributed by atoms with van der Waals surface area (Å²) < 4.78 is 11.1. The fourth-order valence-electron chi connectivity index (χ4n) is 1.43. The van der Waals surface area contributed by atoms with Crippen LogP contribution in [-0.4, -0.2) is 23.3 Å². The first-order valence-corrected chi connectivity index (χ1v) is 5.73. The Bertz CT molecular complexity index is 165. The molecule has 0 bridgehead atoms. The van der Waals surface area contributed by atoms with Gasteiger partial charge in [0, 0.05) is 18.4 Å². The molecule has 1 rings (SSSR count). The van der Waals surface area contributed by atoms with Crippen molar-refractivity contribution in [2.45, 2.75) is 31.0 Å². The summed E-state index contributed by atoms with van der Waals surface area (Å²) in [4.78, 5) is 9.14. The van der Waals surface area contributed by atoms with Crippen LogP contribution in [0.15, 0.2) is 0 Å². The molecule has 1 saturated carbocycles. The minimum Gasteiger partial charge on any atom is -0.344 e. The van der Waals surface area contributed by atoms with Crippen molar-refractivity contribution in [2.24, 2.45) is 5.73 Å². The molecule has 1 fully saturated rings. The van der Waals surface area contributed by atoms with E-state index >= 15 is 0 Å². The van der Waals surface area contributed by atoms with E-state index in [-0.39, 0.29) is 11.7 Å². The predicted octanol–water partition coefficient (Wildman–Crippen LogP) is 0.766. The van der Waals surface area contributed by atoms with E-state index in [0.29, 0.717) is 0 Å². The topological polar surface area (TPSA) is 63.3 Å². The first kappa shape index (κ1) is 8.25. The molecule has 3 nitrogen and oxygen atoms in total. The molecule has 3 atom stereocenters. The van der Waals surface area contributed by atoms with Crippen LogP contribution in [0.2, 0.25) is 0 Å². The van der Waals surface area contributed by atoms with Gasteiger partial charge in [-0.15, -0.1) is 0 Å². The molecule has 1 unspecified atom stereocenters. The number of hydrogen-bond acceptors (Lipinski definition) is 2. The summed E-state index contributed by atoms with van der Waals surface area (Å²) in [5.74, 6) is 0. The van der Waals surface area contributed by atoms with Crippen LogP contribution in [0, 0.1) is 0 Å². The van der Waals surface area contributed by atoms with Gasteiger partial charge in [-0.1, -0.05) is 0 Å². The average Bonchev–Trinajstić information content (AvgIpc) is 2.11. The fraction of sp³-hybridized carbons (Fsp3) is 1.00. The van der Waals surface area contributed by atoms with Gasteiger partial charge in [0.25, 0.3) is 0 Å². The lowest BCUT2D eigenvalue weighted by atomic mass is 10.3. The van der Waals surface area contributed by atoms with Gasteiger partial charge in [-0.25, -0.2) is 0 Å². The number of hydrogen-bond donors (Lipinski definition) is 2. The Kier molecular flexibility index (Phi) is 2.18. The van der Waals surface area contributed by atoms with Crippen LogP contribution in [0.4, 0.5) is 0 Å². The molecule has 3 N–H and O–H groups in total. The molecule has 0 aromatic heterocycles. The minimum atomic E-state index is -2.83. The van der Waals surface area contributed by atoms with Crippen molar-refractivity contribution < 1.29 is 9.46 Å². The quantitative estimate of drug-likeness (QED) is 0.561. The third-order valence-corrected chi connectivity index (χ3v) is 3.95. The molecule has 60 valence electrons. The van der Waals surface area contributed by atoms with Crippen molar-refractivity contribution >= 4 is 7.37 Å². The van der Waals surface area contributed by atoms with Crippen molar-refractivity contribution in [3.8, 4) is 0 Å². The molecule has 1 aliphatic carbocycles. The number of nitrogens with two attached hydrogens (primary N) is 1. The third-order valence-electron chi connectivity index (χ3n) is 2.12. The van der Waals surface area contributed by atoms with E-state index in [1.165, 1.54) is 6.66 Å². The highest BCUT2D eigenvalue weighted by molar-refractivity contribution is 7.57. The second-order valence-electron chi connectivity index (χ2n) is 3.17. The lowest BCUT2D eigenvalue weighted by Gasteiger charge is -2.12. The van der Waals surface area contributed by atoms with E-state index in [2.05, 4.69) is 0 Å². The van der Waals surface area contributed by atoms with Crippen molar-refractivity contribution in [3.63, 3.8) is 0 Å². The van der Waals surface area contributed by atoms with Crippen molar-refractivity contribution in [2.75, 3.05) is 6.66 Å². The molecule has 1 aliphatic rings.